The first-order valence-electron chi connectivity index (χ1n) is 26.2. The summed E-state index contributed by atoms with van der Waals surface area (Å²) in [5, 5.41) is 23.1. The Balaban J connectivity index is 0.857. The third-order valence-corrected chi connectivity index (χ3v) is 15.7. The van der Waals surface area contributed by atoms with Crippen LogP contribution in [-0.4, -0.2) is 111 Å². The summed E-state index contributed by atoms with van der Waals surface area (Å²) in [5.74, 6) is -4.07. The highest BCUT2D eigenvalue weighted by Crippen LogP contribution is 2.36. The lowest BCUT2D eigenvalue weighted by Crippen LogP contribution is -2.58. The molecule has 0 saturated carbocycles. The number of nitrogens with zero attached hydrogens (tertiary/aromatic N) is 4. The number of primary amides is 1. The number of halogens is 1. The van der Waals surface area contributed by atoms with Crippen LogP contribution in [0.2, 0.25) is 0 Å². The average molecular weight is 1140 g/mol. The Morgan fingerprint density at radius 2 is 1.65 bits per heavy atom. The van der Waals surface area contributed by atoms with Crippen molar-refractivity contribution in [3.05, 3.63) is 136 Å². The number of β-amino-alcohol motifs (C(OH)–C–C–N with tert-alkyl or cyclic N) is 1. The number of imide groups is 1. The topological polar surface area (TPSA) is 295 Å². The summed E-state index contributed by atoms with van der Waals surface area (Å²) in [4.78, 5) is 90.5. The number of carbonyl (C=O) groups excluding carboxylic acids is 6. The molecular weight excluding hydrogens is 1070 g/mol. The van der Waals surface area contributed by atoms with Gasteiger partial charge in [-0.1, -0.05) is 76.1 Å². The van der Waals surface area contributed by atoms with E-state index in [1.807, 2.05) is 31.2 Å². The van der Waals surface area contributed by atoms with Gasteiger partial charge in [0, 0.05) is 43.3 Å². The van der Waals surface area contributed by atoms with Gasteiger partial charge in [-0.3, -0.25) is 44.1 Å². The van der Waals surface area contributed by atoms with Gasteiger partial charge in [0.05, 0.1) is 63.5 Å². The number of rotatable bonds is 24. The number of ether oxygens (including phenoxy) is 2. The highest BCUT2D eigenvalue weighted by Gasteiger charge is 2.45. The Labute approximate surface area is 467 Å². The van der Waals surface area contributed by atoms with Crippen molar-refractivity contribution in [1.29, 1.82) is 0 Å². The zero-order valence-corrected chi connectivity index (χ0v) is 47.0. The summed E-state index contributed by atoms with van der Waals surface area (Å²) in [6, 6.07) is 18.6. The number of sulfonamides is 1. The molecule has 20 nitrogen and oxygen atoms in total. The molecule has 23 heteroatoms. The van der Waals surface area contributed by atoms with Crippen LogP contribution in [-0.2, 0) is 46.8 Å². The number of hydrogen-bond donors (Lipinski definition) is 6. The second-order valence-corrected chi connectivity index (χ2v) is 23.5. The number of esters is 1. The number of nitrogens with two attached hydrogens (primary N) is 1. The van der Waals surface area contributed by atoms with Gasteiger partial charge in [0.1, 0.15) is 35.4 Å². The van der Waals surface area contributed by atoms with E-state index in [1.165, 1.54) is 59.7 Å². The Morgan fingerprint density at radius 1 is 0.938 bits per heavy atom. The fraction of sp³-hybridized carbons (Fsp3) is 0.386. The maximum atomic E-state index is 14.0. The molecule has 0 spiro atoms. The number of nitrogens with one attached hydrogen (secondary N) is 4. The molecule has 0 radical (unpaired) electrons. The van der Waals surface area contributed by atoms with Gasteiger partial charge in [-0.15, -0.1) is 11.3 Å². The standard InChI is InChI=1S/C57H66FN9O11S2/c1-7-80(75,76)66-43-24-20-38(27-46(43)78-34(3)36-17-21-40(58)22-18-36)50-49(53(59)71)44(64-65-50)28-41-23-19-39(30-60-41)56(74)77-25-11-9-8-10-12-47(69)62-52(57(4,5)6)55(73)67-31-42(68)29-45(67)54(72)63-48(70)26-35-13-15-37(16-14-35)51-33(2)61-32-79-51/h13-24,27,30,32,34,42,45,52,66,68H,7-12,25-26,28-29,31H2,1-6H3,(H2,59,71)(H,62,69)(H,64,65)(H,63,70,72)/t34-,42+,45-,52+/m0/s1. The third kappa shape index (κ3) is 15.7. The van der Waals surface area contributed by atoms with Gasteiger partial charge < -0.3 is 30.5 Å². The van der Waals surface area contributed by atoms with Crippen molar-refractivity contribution in [2.75, 3.05) is 23.6 Å². The maximum absolute atomic E-state index is 14.0. The summed E-state index contributed by atoms with van der Waals surface area (Å²) in [7, 11) is -3.72. The second-order valence-electron chi connectivity index (χ2n) is 20.6. The number of aliphatic hydroxyl groups excluding tert-OH is 1. The second kappa shape index (κ2) is 26.4. The van der Waals surface area contributed by atoms with Gasteiger partial charge >= 0.3 is 5.97 Å². The van der Waals surface area contributed by atoms with Crippen molar-refractivity contribution >= 4 is 62.6 Å². The van der Waals surface area contributed by atoms with E-state index in [1.54, 1.807) is 57.5 Å². The number of carbonyl (C=O) groups is 6. The van der Waals surface area contributed by atoms with Crippen LogP contribution in [0.3, 0.4) is 0 Å². The first kappa shape index (κ1) is 59.8. The summed E-state index contributed by atoms with van der Waals surface area (Å²) < 4.78 is 53.0. The predicted molar refractivity (Wildman–Crippen MR) is 298 cm³/mol. The van der Waals surface area contributed by atoms with E-state index in [0.717, 1.165) is 16.1 Å². The molecule has 80 heavy (non-hydrogen) atoms. The van der Waals surface area contributed by atoms with E-state index in [-0.39, 0.29) is 78.8 Å². The molecule has 6 aromatic rings. The number of thiazole rings is 1. The van der Waals surface area contributed by atoms with Crippen LogP contribution in [0.5, 0.6) is 5.75 Å². The number of benzene rings is 3. The van der Waals surface area contributed by atoms with Gasteiger partial charge in [0.15, 0.2) is 0 Å². The molecular formula is C57H66FN9O11S2. The number of hydrogen-bond acceptors (Lipinski definition) is 15. The number of pyridine rings is 1. The van der Waals surface area contributed by atoms with Gasteiger partial charge in [-0.25, -0.2) is 22.6 Å². The number of anilines is 1. The first-order chi connectivity index (χ1) is 38.0. The number of aryl methyl sites for hydroxylation is 1. The molecule has 424 valence electrons. The summed E-state index contributed by atoms with van der Waals surface area (Å²) in [5.41, 5.74) is 11.8. The average Bonchev–Trinajstić information content (AvgIpc) is 4.16. The molecule has 3 aromatic carbocycles. The van der Waals surface area contributed by atoms with Gasteiger partial charge in [0.25, 0.3) is 5.91 Å². The molecule has 0 aliphatic carbocycles. The molecule has 1 saturated heterocycles. The van der Waals surface area contributed by atoms with Crippen LogP contribution >= 0.6 is 11.3 Å². The number of unbranched alkanes of at least 4 members (excludes halogenated alkanes) is 3. The van der Waals surface area contributed by atoms with Crippen LogP contribution in [0.1, 0.15) is 128 Å². The zero-order valence-electron chi connectivity index (χ0n) is 45.3. The van der Waals surface area contributed by atoms with Gasteiger partial charge in [0.2, 0.25) is 33.7 Å². The molecule has 1 aliphatic heterocycles. The van der Waals surface area contributed by atoms with Crippen LogP contribution < -0.4 is 25.8 Å². The van der Waals surface area contributed by atoms with Crippen molar-refractivity contribution in [3.8, 4) is 27.4 Å². The largest absolute Gasteiger partial charge is 0.484 e. The Morgan fingerprint density at radius 3 is 2.30 bits per heavy atom. The van der Waals surface area contributed by atoms with Crippen molar-refractivity contribution in [3.63, 3.8) is 0 Å². The van der Waals surface area contributed by atoms with E-state index in [9.17, 15) is 46.7 Å². The molecule has 1 fully saturated rings. The highest BCUT2D eigenvalue weighted by molar-refractivity contribution is 7.92. The predicted octanol–water partition coefficient (Wildman–Crippen LogP) is 7.12. The molecule has 4 atom stereocenters. The van der Waals surface area contributed by atoms with Crippen molar-refractivity contribution in [2.24, 2.45) is 11.1 Å². The van der Waals surface area contributed by atoms with E-state index in [4.69, 9.17) is 15.2 Å². The molecule has 3 aromatic heterocycles. The number of aromatic amines is 1. The Kier molecular flexibility index (Phi) is 19.7. The normalized spacial score (nSPS) is 15.2. The number of amides is 5. The summed E-state index contributed by atoms with van der Waals surface area (Å²) >= 11 is 1.52. The number of likely N-dealkylation sites (tertiary alicyclic amines) is 1. The smallest absolute Gasteiger partial charge is 0.339 e. The summed E-state index contributed by atoms with van der Waals surface area (Å²) in [6.07, 6.45) is 2.02. The fourth-order valence-electron chi connectivity index (χ4n) is 9.04. The van der Waals surface area contributed by atoms with Crippen LogP contribution in [0.15, 0.2) is 90.6 Å². The molecule has 1 aliphatic rings. The van der Waals surface area contributed by atoms with Crippen LogP contribution in [0.25, 0.3) is 21.7 Å². The lowest BCUT2D eigenvalue weighted by molar-refractivity contribution is -0.145. The maximum Gasteiger partial charge on any atom is 0.339 e. The third-order valence-electron chi connectivity index (χ3n) is 13.5. The monoisotopic (exact) mass is 1140 g/mol. The minimum absolute atomic E-state index is 0.0586. The van der Waals surface area contributed by atoms with E-state index in [2.05, 4.69) is 35.5 Å². The van der Waals surface area contributed by atoms with Gasteiger partial charge in [-0.2, -0.15) is 5.10 Å². The Hall–Kier alpha value is -7.89. The molecule has 0 unspecified atom stereocenters. The number of H-pyrrole nitrogens is 1. The Bertz CT molecular complexity index is 3310. The number of aliphatic hydroxyl groups is 1. The fourth-order valence-corrected chi connectivity index (χ4v) is 10.5. The zero-order chi connectivity index (χ0) is 57.9. The molecule has 7 rings (SSSR count). The molecule has 0 bridgehead atoms. The van der Waals surface area contributed by atoms with Crippen LogP contribution in [0.4, 0.5) is 10.1 Å². The van der Waals surface area contributed by atoms with E-state index in [0.29, 0.717) is 53.8 Å². The highest BCUT2D eigenvalue weighted by atomic mass is 32.2. The molecule has 5 amide bonds. The quantitative estimate of drug-likeness (QED) is 0.0260. The lowest BCUT2D eigenvalue weighted by atomic mass is 9.85. The van der Waals surface area contributed by atoms with E-state index < -0.39 is 75.1 Å². The molecule has 7 N–H and O–H groups in total. The van der Waals surface area contributed by atoms with Gasteiger partial charge in [-0.05, 0) is 92.1 Å². The van der Waals surface area contributed by atoms with Crippen molar-refractivity contribution in [2.45, 2.75) is 117 Å². The lowest BCUT2D eigenvalue weighted by Gasteiger charge is -2.35. The molecule has 4 heterocycles. The minimum atomic E-state index is -3.72. The summed E-state index contributed by atoms with van der Waals surface area (Å²) in [6.45, 7) is 10.5. The van der Waals surface area contributed by atoms with Crippen LogP contribution in [0, 0.1) is 18.2 Å². The van der Waals surface area contributed by atoms with E-state index >= 15 is 0 Å². The van der Waals surface area contributed by atoms with Crippen molar-refractivity contribution < 1.29 is 56.2 Å². The SMILES string of the molecule is CCS(=O)(=O)Nc1ccc(-c2n[nH]c(Cc3ccc(C(=O)OCCCCCCC(=O)N[C@H](C(=O)N4C[C@H](O)C[C@H]4C(=O)NC(=O)Cc4ccc(-c5scnc5C)cc4)C(C)(C)C)cn3)c2C(N)=O)cc1O[C@@H](C)c1ccc(F)cc1. The van der Waals surface area contributed by atoms with Crippen molar-refractivity contribution in [1.82, 2.24) is 35.7 Å². The first-order valence-corrected chi connectivity index (χ1v) is 28.7. The minimum Gasteiger partial charge on any atom is -0.484 e. The number of aromatic nitrogens is 4.